The molecule has 0 aromatic carbocycles. The Labute approximate surface area is 136 Å². The van der Waals surface area contributed by atoms with Crippen molar-refractivity contribution >= 4 is 11.8 Å². The van der Waals surface area contributed by atoms with Gasteiger partial charge in [-0.25, -0.2) is 0 Å². The molecule has 126 valence electrons. The van der Waals surface area contributed by atoms with Gasteiger partial charge in [0.1, 0.15) is 5.69 Å². The fourth-order valence-electron chi connectivity index (χ4n) is 3.60. The smallest absolute Gasteiger partial charge is 0.274 e. The minimum atomic E-state index is -0.0234. The molecule has 23 heavy (non-hydrogen) atoms. The predicted octanol–water partition coefficient (Wildman–Crippen LogP) is 0.819. The topological polar surface area (TPSA) is 78.5 Å². The molecule has 1 N–H and O–H groups in total. The van der Waals surface area contributed by atoms with Gasteiger partial charge in [0, 0.05) is 50.8 Å². The minimum absolute atomic E-state index is 0.0234. The van der Waals surface area contributed by atoms with Crippen molar-refractivity contribution in [2.24, 2.45) is 5.41 Å². The van der Waals surface area contributed by atoms with Crippen molar-refractivity contribution in [3.63, 3.8) is 0 Å². The highest BCUT2D eigenvalue weighted by molar-refractivity contribution is 5.92. The number of aromatic nitrogens is 2. The van der Waals surface area contributed by atoms with Gasteiger partial charge in [0.15, 0.2) is 0 Å². The summed E-state index contributed by atoms with van der Waals surface area (Å²) in [6.45, 7) is 5.29. The zero-order valence-electron chi connectivity index (χ0n) is 13.8. The number of H-pyrrole nitrogens is 1. The Morgan fingerprint density at radius 1 is 1.43 bits per heavy atom. The highest BCUT2D eigenvalue weighted by Gasteiger charge is 2.45. The molecule has 3 heterocycles. The summed E-state index contributed by atoms with van der Waals surface area (Å²) < 4.78 is 5.07. The van der Waals surface area contributed by atoms with Gasteiger partial charge in [0.05, 0.1) is 6.61 Å². The van der Waals surface area contributed by atoms with Crippen LogP contribution in [0.25, 0.3) is 0 Å². The number of likely N-dealkylation sites (tertiary alicyclic amines) is 2. The maximum Gasteiger partial charge on any atom is 0.274 e. The fraction of sp³-hybridized carbons (Fsp3) is 0.688. The van der Waals surface area contributed by atoms with Crippen LogP contribution in [0.3, 0.4) is 0 Å². The Morgan fingerprint density at radius 3 is 2.78 bits per heavy atom. The molecule has 1 aromatic heterocycles. The van der Waals surface area contributed by atoms with Crippen LogP contribution in [0.1, 0.15) is 35.4 Å². The van der Waals surface area contributed by atoms with E-state index in [1.807, 2.05) is 16.7 Å². The third-order valence-electron chi connectivity index (χ3n) is 5.01. The first kappa shape index (κ1) is 16.0. The molecule has 1 aromatic rings. The second-order valence-corrected chi connectivity index (χ2v) is 6.71. The summed E-state index contributed by atoms with van der Waals surface area (Å²) >= 11 is 0. The van der Waals surface area contributed by atoms with Crippen molar-refractivity contribution in [1.29, 1.82) is 0 Å². The number of hydrogen-bond donors (Lipinski definition) is 1. The second-order valence-electron chi connectivity index (χ2n) is 6.71. The van der Waals surface area contributed by atoms with E-state index in [1.165, 1.54) is 0 Å². The van der Waals surface area contributed by atoms with Gasteiger partial charge >= 0.3 is 0 Å². The number of methoxy groups -OCH3 is 1. The van der Waals surface area contributed by atoms with Crippen LogP contribution in [0.2, 0.25) is 0 Å². The van der Waals surface area contributed by atoms with Crippen LogP contribution in [0.15, 0.2) is 6.07 Å². The zero-order valence-corrected chi connectivity index (χ0v) is 13.8. The number of aromatic amines is 1. The van der Waals surface area contributed by atoms with Crippen LogP contribution in [0.5, 0.6) is 0 Å². The lowest BCUT2D eigenvalue weighted by atomic mass is 9.77. The number of ether oxygens (including phenoxy) is 1. The summed E-state index contributed by atoms with van der Waals surface area (Å²) in [5.41, 5.74) is 1.39. The first-order chi connectivity index (χ1) is 11.0. The Hall–Kier alpha value is -1.89. The first-order valence-corrected chi connectivity index (χ1v) is 8.11. The van der Waals surface area contributed by atoms with Crippen molar-refractivity contribution in [3.8, 4) is 0 Å². The quantitative estimate of drug-likeness (QED) is 0.891. The van der Waals surface area contributed by atoms with E-state index in [4.69, 9.17) is 4.74 Å². The van der Waals surface area contributed by atoms with Crippen molar-refractivity contribution in [2.45, 2.75) is 26.2 Å². The molecule has 0 radical (unpaired) electrons. The standard InChI is InChI=1S/C16H24N4O3/c1-12-9-13(18-17-12)15(22)19-5-3-16(4-6-19)10-14(21)20(11-16)7-8-23-2/h9H,3-8,10-11H2,1-2H3,(H,17,18). The van der Waals surface area contributed by atoms with Crippen LogP contribution in [-0.2, 0) is 9.53 Å². The van der Waals surface area contributed by atoms with Gasteiger partial charge in [-0.05, 0) is 25.8 Å². The molecule has 2 saturated heterocycles. The van der Waals surface area contributed by atoms with Crippen LogP contribution >= 0.6 is 0 Å². The molecule has 0 atom stereocenters. The Kier molecular flexibility index (Phi) is 4.39. The molecule has 2 aliphatic heterocycles. The number of carbonyl (C=O) groups is 2. The van der Waals surface area contributed by atoms with E-state index in [0.717, 1.165) is 25.1 Å². The SMILES string of the molecule is COCCN1CC2(CCN(C(=O)c3cc(C)[nH]n3)CC2)CC1=O. The molecule has 7 heteroatoms. The van der Waals surface area contributed by atoms with Gasteiger partial charge in [-0.1, -0.05) is 0 Å². The van der Waals surface area contributed by atoms with E-state index in [-0.39, 0.29) is 17.2 Å². The lowest BCUT2D eigenvalue weighted by Gasteiger charge is -2.38. The van der Waals surface area contributed by atoms with Gasteiger partial charge in [-0.3, -0.25) is 14.7 Å². The van der Waals surface area contributed by atoms with Crippen LogP contribution in [0.4, 0.5) is 0 Å². The molecule has 0 unspecified atom stereocenters. The molecule has 1 spiro atoms. The van der Waals surface area contributed by atoms with Crippen molar-refractivity contribution in [3.05, 3.63) is 17.5 Å². The average Bonchev–Trinajstić information content (AvgIpc) is 3.09. The lowest BCUT2D eigenvalue weighted by Crippen LogP contribution is -2.44. The van der Waals surface area contributed by atoms with E-state index in [9.17, 15) is 9.59 Å². The van der Waals surface area contributed by atoms with E-state index in [0.29, 0.717) is 38.4 Å². The highest BCUT2D eigenvalue weighted by Crippen LogP contribution is 2.41. The maximum atomic E-state index is 12.4. The molecule has 0 saturated carbocycles. The molecule has 0 aliphatic carbocycles. The van der Waals surface area contributed by atoms with Crippen molar-refractivity contribution in [2.75, 3.05) is 39.9 Å². The summed E-state index contributed by atoms with van der Waals surface area (Å²) in [4.78, 5) is 28.4. The molecular formula is C16H24N4O3. The van der Waals surface area contributed by atoms with Crippen LogP contribution in [0, 0.1) is 12.3 Å². The lowest BCUT2D eigenvalue weighted by molar-refractivity contribution is -0.128. The largest absolute Gasteiger partial charge is 0.383 e. The summed E-state index contributed by atoms with van der Waals surface area (Å²) in [5.74, 6) is 0.189. The molecule has 2 aliphatic rings. The highest BCUT2D eigenvalue weighted by atomic mass is 16.5. The fourth-order valence-corrected chi connectivity index (χ4v) is 3.60. The van der Waals surface area contributed by atoms with Crippen LogP contribution in [-0.4, -0.2) is 71.7 Å². The maximum absolute atomic E-state index is 12.4. The van der Waals surface area contributed by atoms with Gasteiger partial charge in [-0.2, -0.15) is 5.10 Å². The average molecular weight is 320 g/mol. The van der Waals surface area contributed by atoms with Gasteiger partial charge in [-0.15, -0.1) is 0 Å². The number of amides is 2. The number of nitrogens with one attached hydrogen (secondary N) is 1. The van der Waals surface area contributed by atoms with Crippen LogP contribution < -0.4 is 0 Å². The monoisotopic (exact) mass is 320 g/mol. The molecular weight excluding hydrogens is 296 g/mol. The number of nitrogens with zero attached hydrogens (tertiary/aromatic N) is 3. The van der Waals surface area contributed by atoms with Crippen molar-refractivity contribution in [1.82, 2.24) is 20.0 Å². The summed E-state index contributed by atoms with van der Waals surface area (Å²) in [6, 6.07) is 1.78. The molecule has 2 amide bonds. The minimum Gasteiger partial charge on any atom is -0.383 e. The van der Waals surface area contributed by atoms with Gasteiger partial charge in [0.25, 0.3) is 5.91 Å². The number of carbonyl (C=O) groups excluding carboxylic acids is 2. The summed E-state index contributed by atoms with van der Waals surface area (Å²) in [6.07, 6.45) is 2.34. The van der Waals surface area contributed by atoms with Gasteiger partial charge < -0.3 is 14.5 Å². The molecule has 0 bridgehead atoms. The summed E-state index contributed by atoms with van der Waals surface area (Å²) in [7, 11) is 1.65. The second kappa shape index (κ2) is 6.31. The Bertz CT molecular complexity index is 590. The molecule has 3 rings (SSSR count). The van der Waals surface area contributed by atoms with E-state index >= 15 is 0 Å². The van der Waals surface area contributed by atoms with Crippen molar-refractivity contribution < 1.29 is 14.3 Å². The third-order valence-corrected chi connectivity index (χ3v) is 5.01. The van der Waals surface area contributed by atoms with E-state index < -0.39 is 0 Å². The van der Waals surface area contributed by atoms with E-state index in [2.05, 4.69) is 10.2 Å². The van der Waals surface area contributed by atoms with E-state index in [1.54, 1.807) is 13.2 Å². The number of piperidine rings is 1. The number of hydrogen-bond acceptors (Lipinski definition) is 4. The van der Waals surface area contributed by atoms with Gasteiger partial charge in [0.2, 0.25) is 5.91 Å². The number of aryl methyl sites for hydroxylation is 1. The predicted molar refractivity (Wildman–Crippen MR) is 84.0 cm³/mol. The molecule has 7 nitrogen and oxygen atoms in total. The Balaban J connectivity index is 1.58. The summed E-state index contributed by atoms with van der Waals surface area (Å²) in [5, 5.41) is 6.85. The Morgan fingerprint density at radius 2 is 2.17 bits per heavy atom. The molecule has 2 fully saturated rings. The number of rotatable bonds is 4. The third kappa shape index (κ3) is 3.24. The zero-order chi connectivity index (χ0) is 16.4. The normalized spacial score (nSPS) is 20.5. The first-order valence-electron chi connectivity index (χ1n) is 8.11.